The minimum Gasteiger partial charge on any atom is -0.218 e. The molecule has 1 rings (SSSR count). The molecule has 0 amide bonds. The van der Waals surface area contributed by atoms with Crippen molar-refractivity contribution in [2.24, 2.45) is 0 Å². The van der Waals surface area contributed by atoms with Gasteiger partial charge in [0.25, 0.3) is 0 Å². The van der Waals surface area contributed by atoms with Crippen LogP contribution >= 0.6 is 0 Å². The summed E-state index contributed by atoms with van der Waals surface area (Å²) in [6.07, 6.45) is -31.1. The number of hydrogen-bond donors (Lipinski definition) is 0. The van der Waals surface area contributed by atoms with Gasteiger partial charge in [-0.15, -0.1) is 0 Å². The van der Waals surface area contributed by atoms with Crippen LogP contribution in [0.4, 0.5) is 79.0 Å². The zero-order chi connectivity index (χ0) is 24.5. The van der Waals surface area contributed by atoms with E-state index in [2.05, 4.69) is 0 Å². The maximum absolute atomic E-state index is 14.0. The Morgan fingerprint density at radius 1 is 0.300 bits per heavy atom. The van der Waals surface area contributed by atoms with Crippen LogP contribution in [-0.4, -0.2) is 24.7 Å². The van der Waals surface area contributed by atoms with E-state index in [0.717, 1.165) is 0 Å². The molecule has 0 fully saturated rings. The average Bonchev–Trinajstić information content (AvgIpc) is 2.50. The third-order valence-electron chi connectivity index (χ3n) is 3.52. The van der Waals surface area contributed by atoms with Crippen molar-refractivity contribution in [3.05, 3.63) is 34.4 Å². The lowest BCUT2D eigenvalue weighted by Crippen LogP contribution is -2.57. The molecule has 0 unspecified atom stereocenters. The number of hydrogen-bond acceptors (Lipinski definition) is 0. The quantitative estimate of drug-likeness (QED) is 0.245. The Morgan fingerprint density at radius 3 is 0.600 bits per heavy atom. The van der Waals surface area contributed by atoms with Gasteiger partial charge in [0.1, 0.15) is 0 Å². The van der Waals surface area contributed by atoms with Gasteiger partial charge in [0.2, 0.25) is 0 Å². The maximum atomic E-state index is 14.0. The van der Waals surface area contributed by atoms with Crippen LogP contribution in [0.2, 0.25) is 0 Å². The molecule has 0 saturated carbocycles. The van der Waals surface area contributed by atoms with E-state index in [0.29, 0.717) is 0 Å². The normalized spacial score (nSPS) is 15.0. The predicted octanol–water partition coefficient (Wildman–Crippen LogP) is 6.82. The van der Waals surface area contributed by atoms with Crippen LogP contribution in [0.25, 0.3) is 0 Å². The highest BCUT2D eigenvalue weighted by Crippen LogP contribution is 2.61. The first-order valence-electron chi connectivity index (χ1n) is 6.40. The Morgan fingerprint density at radius 2 is 0.467 bits per heavy atom. The van der Waals surface area contributed by atoms with Gasteiger partial charge in [0.05, 0.1) is 11.1 Å². The summed E-state index contributed by atoms with van der Waals surface area (Å²) in [6.45, 7) is 0. The van der Waals surface area contributed by atoms with Gasteiger partial charge in [0.15, 0.2) is 23.3 Å². The van der Waals surface area contributed by atoms with Gasteiger partial charge in [0, 0.05) is 0 Å². The second-order valence-electron chi connectivity index (χ2n) is 5.31. The van der Waals surface area contributed by atoms with Gasteiger partial charge in [-0.1, -0.05) is 0 Å². The van der Waals surface area contributed by atoms with Crippen LogP contribution in [-0.2, 0) is 11.3 Å². The van der Waals surface area contributed by atoms with Gasteiger partial charge >= 0.3 is 36.0 Å². The first kappa shape index (κ1) is 26.0. The molecule has 0 atom stereocenters. The fraction of sp³-hybridized carbons (Fsp3) is 0.500. The van der Waals surface area contributed by atoms with Gasteiger partial charge in [-0.25, -0.2) is 26.3 Å². The van der Waals surface area contributed by atoms with Gasteiger partial charge in [-0.3, -0.25) is 0 Å². The monoisotopic (exact) mass is 486 g/mol. The van der Waals surface area contributed by atoms with Gasteiger partial charge in [-0.05, 0) is 0 Å². The van der Waals surface area contributed by atoms with Crippen LogP contribution < -0.4 is 0 Å². The summed E-state index contributed by atoms with van der Waals surface area (Å²) in [6, 6.07) is 0. The molecule has 0 radical (unpaired) electrons. The summed E-state index contributed by atoms with van der Waals surface area (Å²) in [7, 11) is 0. The Bertz CT molecular complexity index is 721. The molecule has 18 heteroatoms. The standard InChI is InChI=1S/C12F18/c13-3-1(7(17,9(19,20)21)10(22,23)24)2(4(14)6(16)5(3)15)8(18,11(25,26)27)12(28,29)30. The van der Waals surface area contributed by atoms with E-state index in [4.69, 9.17) is 0 Å². The summed E-state index contributed by atoms with van der Waals surface area (Å²) in [5.41, 5.74) is -25.1. The van der Waals surface area contributed by atoms with E-state index in [-0.39, 0.29) is 0 Å². The maximum Gasteiger partial charge on any atom is 0.436 e. The lowest BCUT2D eigenvalue weighted by molar-refractivity contribution is -0.361. The Hall–Kier alpha value is -2.04. The van der Waals surface area contributed by atoms with E-state index in [1.54, 1.807) is 0 Å². The molecule has 1 aromatic rings. The molecule has 0 aliphatic heterocycles. The second-order valence-corrected chi connectivity index (χ2v) is 5.31. The smallest absolute Gasteiger partial charge is 0.218 e. The van der Waals surface area contributed by atoms with Crippen molar-refractivity contribution < 1.29 is 79.0 Å². The first-order valence-corrected chi connectivity index (χ1v) is 6.40. The molecule has 0 aliphatic carbocycles. The molecule has 0 bridgehead atoms. The van der Waals surface area contributed by atoms with Crippen molar-refractivity contribution in [1.82, 2.24) is 0 Å². The first-order chi connectivity index (χ1) is 12.9. The van der Waals surface area contributed by atoms with Crippen molar-refractivity contribution in [1.29, 1.82) is 0 Å². The highest BCUT2D eigenvalue weighted by molar-refractivity contribution is 5.44. The van der Waals surface area contributed by atoms with Crippen molar-refractivity contribution >= 4 is 0 Å². The number of rotatable bonds is 2. The third-order valence-corrected chi connectivity index (χ3v) is 3.52. The molecule has 0 aliphatic rings. The molecule has 0 heterocycles. The Kier molecular flexibility index (Phi) is 5.83. The SMILES string of the molecule is Fc1c(F)c(F)c(C(F)(C(F)(F)F)C(F)(F)F)c(C(F)(C(F)(F)F)C(F)(F)F)c1F. The fourth-order valence-electron chi connectivity index (χ4n) is 2.17. The van der Waals surface area contributed by atoms with Crippen LogP contribution in [0.5, 0.6) is 0 Å². The topological polar surface area (TPSA) is 0 Å². The minimum atomic E-state index is -7.77. The summed E-state index contributed by atoms with van der Waals surface area (Å²) < 4.78 is 234. The van der Waals surface area contributed by atoms with Crippen molar-refractivity contribution in [3.63, 3.8) is 0 Å². The molecular formula is C12F18. The van der Waals surface area contributed by atoms with Crippen LogP contribution in [0.3, 0.4) is 0 Å². The molecule has 0 N–H and O–H groups in total. The molecule has 0 nitrogen and oxygen atoms in total. The van der Waals surface area contributed by atoms with Gasteiger partial charge in [-0.2, -0.15) is 52.7 Å². The van der Waals surface area contributed by atoms with Crippen molar-refractivity contribution in [2.45, 2.75) is 36.0 Å². The molecule has 0 spiro atoms. The summed E-state index contributed by atoms with van der Waals surface area (Å²) in [5.74, 6) is -16.4. The second kappa shape index (κ2) is 6.73. The van der Waals surface area contributed by atoms with E-state index in [1.807, 2.05) is 0 Å². The zero-order valence-corrected chi connectivity index (χ0v) is 12.8. The number of halogens is 18. The van der Waals surface area contributed by atoms with E-state index < -0.39 is 70.4 Å². The van der Waals surface area contributed by atoms with E-state index >= 15 is 0 Å². The summed E-state index contributed by atoms with van der Waals surface area (Å²) >= 11 is 0. The summed E-state index contributed by atoms with van der Waals surface area (Å²) in [4.78, 5) is 0. The molecule has 1 aromatic carbocycles. The predicted molar refractivity (Wildman–Crippen MR) is 56.1 cm³/mol. The number of benzene rings is 1. The van der Waals surface area contributed by atoms with Crippen LogP contribution in [0.1, 0.15) is 11.1 Å². The van der Waals surface area contributed by atoms with E-state index in [9.17, 15) is 79.0 Å². The Labute approximate surface area is 151 Å². The zero-order valence-electron chi connectivity index (χ0n) is 12.8. The fourth-order valence-corrected chi connectivity index (χ4v) is 2.17. The van der Waals surface area contributed by atoms with Crippen molar-refractivity contribution in [2.75, 3.05) is 0 Å². The van der Waals surface area contributed by atoms with Gasteiger partial charge < -0.3 is 0 Å². The average molecular weight is 486 g/mol. The minimum absolute atomic E-state index is 3.88. The largest absolute Gasteiger partial charge is 0.436 e. The third kappa shape index (κ3) is 3.30. The molecule has 174 valence electrons. The van der Waals surface area contributed by atoms with E-state index in [1.165, 1.54) is 0 Å². The highest BCUT2D eigenvalue weighted by Gasteiger charge is 2.81. The number of alkyl halides is 14. The van der Waals surface area contributed by atoms with Crippen molar-refractivity contribution in [3.8, 4) is 0 Å². The molecule has 0 aromatic heterocycles. The Balaban J connectivity index is 4.56. The molecular weight excluding hydrogens is 486 g/mol. The summed E-state index contributed by atoms with van der Waals surface area (Å²) in [5, 5.41) is 0. The van der Waals surface area contributed by atoms with Crippen LogP contribution in [0.15, 0.2) is 0 Å². The molecule has 0 saturated heterocycles. The van der Waals surface area contributed by atoms with Crippen LogP contribution in [0, 0.1) is 23.3 Å². The highest BCUT2D eigenvalue weighted by atomic mass is 19.4. The lowest BCUT2D eigenvalue weighted by atomic mass is 9.81. The molecule has 30 heavy (non-hydrogen) atoms. The lowest BCUT2D eigenvalue weighted by Gasteiger charge is -2.37.